The second-order valence-electron chi connectivity index (χ2n) is 4.07. The Labute approximate surface area is 115 Å². The molecule has 0 radical (unpaired) electrons. The summed E-state index contributed by atoms with van der Waals surface area (Å²) in [5.74, 6) is -0.963. The van der Waals surface area contributed by atoms with E-state index in [1.54, 1.807) is 23.0 Å². The summed E-state index contributed by atoms with van der Waals surface area (Å²) in [7, 11) is 0. The molecule has 0 unspecified atom stereocenters. The lowest BCUT2D eigenvalue weighted by Crippen LogP contribution is -2.26. The van der Waals surface area contributed by atoms with Gasteiger partial charge in [-0.2, -0.15) is 0 Å². The number of nitrogens with one attached hydrogen (secondary N) is 1. The molecule has 0 aliphatic rings. The van der Waals surface area contributed by atoms with E-state index in [0.717, 1.165) is 0 Å². The fourth-order valence-electron chi connectivity index (χ4n) is 1.80. The van der Waals surface area contributed by atoms with E-state index >= 15 is 0 Å². The zero-order valence-corrected chi connectivity index (χ0v) is 10.9. The van der Waals surface area contributed by atoms with Gasteiger partial charge in [-0.25, -0.2) is 4.79 Å². The van der Waals surface area contributed by atoms with Gasteiger partial charge in [0.05, 0.1) is 17.7 Å². The van der Waals surface area contributed by atoms with Gasteiger partial charge in [0.1, 0.15) is 6.33 Å². The molecule has 0 aliphatic heterocycles. The molecule has 0 aliphatic carbocycles. The van der Waals surface area contributed by atoms with Crippen LogP contribution in [0, 0.1) is 0 Å². The highest BCUT2D eigenvalue weighted by atomic mass is 16.4. The molecular formula is C13H14N4O3. The molecule has 0 spiro atoms. The van der Waals surface area contributed by atoms with Gasteiger partial charge in [-0.15, -0.1) is 10.2 Å². The Hall–Kier alpha value is -2.70. The van der Waals surface area contributed by atoms with Crippen molar-refractivity contribution in [2.75, 3.05) is 0 Å². The summed E-state index contributed by atoms with van der Waals surface area (Å²) in [6.45, 7) is 2.83. The molecule has 0 saturated heterocycles. The molecule has 1 heterocycles. The molecule has 1 aromatic heterocycles. The van der Waals surface area contributed by atoms with Gasteiger partial charge < -0.3 is 15.0 Å². The SMILES string of the molecule is CCn1cnnc1CNC(=O)c1ccccc1C(=O)O. The lowest BCUT2D eigenvalue weighted by molar-refractivity contribution is 0.0691. The first-order valence-corrected chi connectivity index (χ1v) is 6.10. The summed E-state index contributed by atoms with van der Waals surface area (Å²) in [4.78, 5) is 23.1. The van der Waals surface area contributed by atoms with E-state index in [9.17, 15) is 9.59 Å². The minimum absolute atomic E-state index is 0.0260. The number of hydrogen-bond donors (Lipinski definition) is 2. The molecule has 1 amide bonds. The second kappa shape index (κ2) is 5.96. The largest absolute Gasteiger partial charge is 0.478 e. The highest BCUT2D eigenvalue weighted by Crippen LogP contribution is 2.09. The van der Waals surface area contributed by atoms with Gasteiger partial charge in [0.2, 0.25) is 0 Å². The maximum absolute atomic E-state index is 12.0. The van der Waals surface area contributed by atoms with Crippen molar-refractivity contribution >= 4 is 11.9 Å². The Morgan fingerprint density at radius 3 is 2.65 bits per heavy atom. The van der Waals surface area contributed by atoms with E-state index in [2.05, 4.69) is 15.5 Å². The number of carboxylic acid groups (broad SMARTS) is 1. The van der Waals surface area contributed by atoms with Gasteiger partial charge in [-0.1, -0.05) is 12.1 Å². The molecule has 20 heavy (non-hydrogen) atoms. The molecule has 0 saturated carbocycles. The smallest absolute Gasteiger partial charge is 0.336 e. The van der Waals surface area contributed by atoms with E-state index in [0.29, 0.717) is 12.4 Å². The summed E-state index contributed by atoms with van der Waals surface area (Å²) < 4.78 is 1.80. The van der Waals surface area contributed by atoms with Crippen LogP contribution in [-0.4, -0.2) is 31.7 Å². The van der Waals surface area contributed by atoms with E-state index in [1.807, 2.05) is 6.92 Å². The van der Waals surface area contributed by atoms with Crippen molar-refractivity contribution in [1.82, 2.24) is 20.1 Å². The lowest BCUT2D eigenvalue weighted by Gasteiger charge is -2.08. The summed E-state index contributed by atoms with van der Waals surface area (Å²) in [6.07, 6.45) is 1.58. The Balaban J connectivity index is 2.11. The molecule has 2 rings (SSSR count). The lowest BCUT2D eigenvalue weighted by atomic mass is 10.1. The number of aryl methyl sites for hydroxylation is 1. The number of carbonyl (C=O) groups excluding carboxylic acids is 1. The van der Waals surface area contributed by atoms with Crippen LogP contribution >= 0.6 is 0 Å². The predicted molar refractivity (Wildman–Crippen MR) is 70.3 cm³/mol. The van der Waals surface area contributed by atoms with Crippen LogP contribution in [0.5, 0.6) is 0 Å². The molecule has 7 heteroatoms. The molecular weight excluding hydrogens is 260 g/mol. The predicted octanol–water partition coefficient (Wildman–Crippen LogP) is 0.926. The quantitative estimate of drug-likeness (QED) is 0.845. The molecule has 2 aromatic rings. The average Bonchev–Trinajstić information content (AvgIpc) is 2.92. The van der Waals surface area contributed by atoms with Crippen molar-refractivity contribution in [3.8, 4) is 0 Å². The van der Waals surface area contributed by atoms with Crippen LogP contribution in [-0.2, 0) is 13.1 Å². The van der Waals surface area contributed by atoms with Crippen molar-refractivity contribution in [3.63, 3.8) is 0 Å². The maximum atomic E-state index is 12.0. The number of amides is 1. The van der Waals surface area contributed by atoms with Gasteiger partial charge in [0, 0.05) is 6.54 Å². The number of aromatic carboxylic acids is 1. The maximum Gasteiger partial charge on any atom is 0.336 e. The molecule has 0 bridgehead atoms. The normalized spacial score (nSPS) is 10.2. The molecule has 104 valence electrons. The number of carbonyl (C=O) groups is 2. The van der Waals surface area contributed by atoms with Gasteiger partial charge in [-0.05, 0) is 19.1 Å². The van der Waals surface area contributed by atoms with Crippen LogP contribution in [0.1, 0.15) is 33.5 Å². The fraction of sp³-hybridized carbons (Fsp3) is 0.231. The third-order valence-electron chi connectivity index (χ3n) is 2.85. The van der Waals surface area contributed by atoms with Crippen LogP contribution in [0.4, 0.5) is 0 Å². The van der Waals surface area contributed by atoms with Gasteiger partial charge in [0.25, 0.3) is 5.91 Å². The Kier molecular flexibility index (Phi) is 4.09. The second-order valence-corrected chi connectivity index (χ2v) is 4.07. The Morgan fingerprint density at radius 1 is 1.30 bits per heavy atom. The van der Waals surface area contributed by atoms with E-state index < -0.39 is 11.9 Å². The van der Waals surface area contributed by atoms with Crippen molar-refractivity contribution in [1.29, 1.82) is 0 Å². The fourth-order valence-corrected chi connectivity index (χ4v) is 1.80. The van der Waals surface area contributed by atoms with Crippen molar-refractivity contribution in [2.45, 2.75) is 20.0 Å². The van der Waals surface area contributed by atoms with Gasteiger partial charge in [0.15, 0.2) is 5.82 Å². The average molecular weight is 274 g/mol. The van der Waals surface area contributed by atoms with Crippen LogP contribution < -0.4 is 5.32 Å². The first-order valence-electron chi connectivity index (χ1n) is 6.10. The number of hydrogen-bond acceptors (Lipinski definition) is 4. The minimum Gasteiger partial charge on any atom is -0.478 e. The number of benzene rings is 1. The van der Waals surface area contributed by atoms with Gasteiger partial charge >= 0.3 is 5.97 Å². The van der Waals surface area contributed by atoms with Crippen LogP contribution in [0.25, 0.3) is 0 Å². The van der Waals surface area contributed by atoms with Crippen molar-refractivity contribution < 1.29 is 14.7 Å². The molecule has 7 nitrogen and oxygen atoms in total. The van der Waals surface area contributed by atoms with Crippen molar-refractivity contribution in [3.05, 3.63) is 47.5 Å². The summed E-state index contributed by atoms with van der Waals surface area (Å²) in [6, 6.07) is 6.07. The van der Waals surface area contributed by atoms with Gasteiger partial charge in [-0.3, -0.25) is 4.79 Å². The Morgan fingerprint density at radius 2 is 2.00 bits per heavy atom. The summed E-state index contributed by atoms with van der Waals surface area (Å²) in [5, 5.41) is 19.3. The first-order chi connectivity index (χ1) is 9.63. The number of carboxylic acids is 1. The standard InChI is InChI=1S/C13H14N4O3/c1-2-17-8-15-16-11(17)7-14-12(18)9-5-3-4-6-10(9)13(19)20/h3-6,8H,2,7H2,1H3,(H,14,18)(H,19,20). The van der Waals surface area contributed by atoms with Crippen molar-refractivity contribution in [2.24, 2.45) is 0 Å². The zero-order valence-electron chi connectivity index (χ0n) is 10.9. The molecule has 2 N–H and O–H groups in total. The summed E-state index contributed by atoms with van der Waals surface area (Å²) >= 11 is 0. The minimum atomic E-state index is -1.13. The van der Waals surface area contributed by atoms with Crippen LogP contribution in [0.3, 0.4) is 0 Å². The van der Waals surface area contributed by atoms with Crippen LogP contribution in [0.15, 0.2) is 30.6 Å². The number of aromatic nitrogens is 3. The van der Waals surface area contributed by atoms with E-state index in [1.165, 1.54) is 12.1 Å². The number of rotatable bonds is 5. The van der Waals surface area contributed by atoms with E-state index in [-0.39, 0.29) is 17.7 Å². The number of nitrogens with zero attached hydrogens (tertiary/aromatic N) is 3. The monoisotopic (exact) mass is 274 g/mol. The third-order valence-corrected chi connectivity index (χ3v) is 2.85. The third kappa shape index (κ3) is 2.82. The molecule has 0 atom stereocenters. The van der Waals surface area contributed by atoms with E-state index in [4.69, 9.17) is 5.11 Å². The van der Waals surface area contributed by atoms with Crippen LogP contribution in [0.2, 0.25) is 0 Å². The highest BCUT2D eigenvalue weighted by molar-refractivity contribution is 6.04. The summed E-state index contributed by atoms with van der Waals surface area (Å²) in [5.41, 5.74) is 0.101. The molecule has 0 fully saturated rings. The molecule has 1 aromatic carbocycles. The topological polar surface area (TPSA) is 97.1 Å². The Bertz CT molecular complexity index is 636. The zero-order chi connectivity index (χ0) is 14.5. The first kappa shape index (κ1) is 13.7. The highest BCUT2D eigenvalue weighted by Gasteiger charge is 2.16.